The highest BCUT2D eigenvalue weighted by Crippen LogP contribution is 2.44. The van der Waals surface area contributed by atoms with Crippen LogP contribution in [0.5, 0.6) is 0 Å². The summed E-state index contributed by atoms with van der Waals surface area (Å²) in [5, 5.41) is 14.6. The minimum atomic E-state index is -0.911. The summed E-state index contributed by atoms with van der Waals surface area (Å²) >= 11 is 0. The van der Waals surface area contributed by atoms with Gasteiger partial charge in [-0.1, -0.05) is 62.4 Å². The number of carboxylic acids is 1. The van der Waals surface area contributed by atoms with Gasteiger partial charge in [0, 0.05) is 31.5 Å². The van der Waals surface area contributed by atoms with Crippen LogP contribution in [0.4, 0.5) is 4.79 Å². The molecule has 2 atom stereocenters. The average molecular weight is 481 g/mol. The number of fused-ring (bicyclic) bond motifs is 3. The number of carboxylic acid groups (broad SMARTS) is 1. The fourth-order valence-electron chi connectivity index (χ4n) is 4.90. The van der Waals surface area contributed by atoms with Gasteiger partial charge in [0.05, 0.1) is 6.42 Å². The lowest BCUT2D eigenvalue weighted by atomic mass is 9.89. The molecular weight excluding hydrogens is 448 g/mol. The molecule has 1 aliphatic carbocycles. The summed E-state index contributed by atoms with van der Waals surface area (Å²) in [5.41, 5.74) is 4.05. The topological polar surface area (TPSA) is 114 Å². The van der Waals surface area contributed by atoms with E-state index in [9.17, 15) is 14.4 Å². The van der Waals surface area contributed by atoms with E-state index >= 15 is 0 Å². The molecule has 0 bridgehead atoms. The van der Waals surface area contributed by atoms with Crippen LogP contribution < -0.4 is 10.6 Å². The van der Waals surface area contributed by atoms with Gasteiger partial charge in [-0.25, -0.2) is 4.79 Å². The maximum Gasteiger partial charge on any atom is 0.407 e. The van der Waals surface area contributed by atoms with Gasteiger partial charge in [-0.2, -0.15) is 0 Å². The van der Waals surface area contributed by atoms with Gasteiger partial charge in [-0.15, -0.1) is 0 Å². The molecule has 35 heavy (non-hydrogen) atoms. The lowest BCUT2D eigenvalue weighted by Crippen LogP contribution is -2.45. The Morgan fingerprint density at radius 3 is 2.29 bits per heavy atom. The number of alkyl carbamates (subject to hydrolysis) is 1. The summed E-state index contributed by atoms with van der Waals surface area (Å²) in [7, 11) is 0. The van der Waals surface area contributed by atoms with Crippen molar-refractivity contribution in [1.82, 2.24) is 10.6 Å². The SMILES string of the molecule is CC(C)(CNC(=O)C1OCCC1CNC(=O)OCC1c2ccccc2-c2ccccc21)CC(=O)O. The number of carbonyl (C=O) groups is 3. The lowest BCUT2D eigenvalue weighted by Gasteiger charge is -2.25. The number of hydrogen-bond donors (Lipinski definition) is 3. The highest BCUT2D eigenvalue weighted by atomic mass is 16.5. The molecule has 2 aliphatic rings. The van der Waals surface area contributed by atoms with Crippen molar-refractivity contribution in [1.29, 1.82) is 0 Å². The monoisotopic (exact) mass is 480 g/mol. The zero-order chi connectivity index (χ0) is 25.0. The van der Waals surface area contributed by atoms with Crippen LogP contribution in [-0.4, -0.2) is 55.5 Å². The molecule has 1 saturated heterocycles. The Morgan fingerprint density at radius 1 is 1.03 bits per heavy atom. The zero-order valence-electron chi connectivity index (χ0n) is 20.1. The Hall–Kier alpha value is -3.39. The fraction of sp³-hybridized carbons (Fsp3) is 0.444. The van der Waals surface area contributed by atoms with E-state index in [1.807, 2.05) is 24.3 Å². The van der Waals surface area contributed by atoms with Crippen molar-refractivity contribution in [2.45, 2.75) is 38.7 Å². The van der Waals surface area contributed by atoms with E-state index in [4.69, 9.17) is 14.6 Å². The number of carbonyl (C=O) groups excluding carboxylic acids is 2. The minimum absolute atomic E-state index is 0.0179. The molecule has 4 rings (SSSR count). The first kappa shape index (κ1) is 24.7. The molecule has 186 valence electrons. The Labute approximate surface area is 205 Å². The van der Waals surface area contributed by atoms with Crippen LogP contribution in [0.3, 0.4) is 0 Å². The Bertz CT molecular complexity index is 1050. The summed E-state index contributed by atoms with van der Waals surface area (Å²) in [6.07, 6.45) is -0.628. The highest BCUT2D eigenvalue weighted by molar-refractivity contribution is 5.82. The third kappa shape index (κ3) is 5.82. The smallest absolute Gasteiger partial charge is 0.407 e. The van der Waals surface area contributed by atoms with Crippen molar-refractivity contribution in [3.05, 3.63) is 59.7 Å². The van der Waals surface area contributed by atoms with Crippen molar-refractivity contribution in [2.75, 3.05) is 26.3 Å². The minimum Gasteiger partial charge on any atom is -0.481 e. The molecular formula is C27H32N2O6. The average Bonchev–Trinajstić information content (AvgIpc) is 3.42. The summed E-state index contributed by atoms with van der Waals surface area (Å²) in [4.78, 5) is 36.1. The summed E-state index contributed by atoms with van der Waals surface area (Å²) < 4.78 is 11.2. The number of ether oxygens (including phenoxy) is 2. The van der Waals surface area contributed by atoms with Gasteiger partial charge in [-0.05, 0) is 34.1 Å². The van der Waals surface area contributed by atoms with Crippen molar-refractivity contribution in [3.63, 3.8) is 0 Å². The standard InChI is InChI=1S/C27H32N2O6/c1-27(2,13-23(30)31)16-29-25(32)24-17(11-12-34-24)14-28-26(33)35-15-22-20-9-5-3-7-18(20)19-8-4-6-10-21(19)22/h3-10,17,22,24H,11-16H2,1-2H3,(H,28,33)(H,29,32)(H,30,31). The molecule has 3 N–H and O–H groups in total. The van der Waals surface area contributed by atoms with Crippen LogP contribution in [0, 0.1) is 11.3 Å². The normalized spacial score (nSPS) is 19.0. The number of rotatable bonds is 9. The summed E-state index contributed by atoms with van der Waals surface area (Å²) in [5.74, 6) is -1.40. The van der Waals surface area contributed by atoms with Gasteiger partial charge in [-0.3, -0.25) is 9.59 Å². The van der Waals surface area contributed by atoms with E-state index in [0.717, 1.165) is 11.1 Å². The molecule has 2 aromatic carbocycles. The first-order chi connectivity index (χ1) is 16.7. The molecule has 8 heteroatoms. The lowest BCUT2D eigenvalue weighted by molar-refractivity contribution is -0.140. The predicted molar refractivity (Wildman–Crippen MR) is 130 cm³/mol. The van der Waals surface area contributed by atoms with Gasteiger partial charge >= 0.3 is 12.1 Å². The molecule has 8 nitrogen and oxygen atoms in total. The number of aliphatic carboxylic acids is 1. The van der Waals surface area contributed by atoms with Crippen LogP contribution in [0.15, 0.2) is 48.5 Å². The fourth-order valence-corrected chi connectivity index (χ4v) is 4.90. The summed E-state index contributed by atoms with van der Waals surface area (Å²) in [6, 6.07) is 16.3. The van der Waals surface area contributed by atoms with Crippen molar-refractivity contribution in [3.8, 4) is 11.1 Å². The molecule has 0 radical (unpaired) electrons. The highest BCUT2D eigenvalue weighted by Gasteiger charge is 2.35. The largest absolute Gasteiger partial charge is 0.481 e. The van der Waals surface area contributed by atoms with E-state index in [1.54, 1.807) is 13.8 Å². The third-order valence-corrected chi connectivity index (χ3v) is 6.70. The molecule has 2 aromatic rings. The summed E-state index contributed by atoms with van der Waals surface area (Å²) in [6.45, 7) is 4.70. The molecule has 1 heterocycles. The van der Waals surface area contributed by atoms with Gasteiger partial charge < -0.3 is 25.2 Å². The van der Waals surface area contributed by atoms with Crippen molar-refractivity contribution in [2.24, 2.45) is 11.3 Å². The van der Waals surface area contributed by atoms with E-state index in [0.29, 0.717) is 13.0 Å². The third-order valence-electron chi connectivity index (χ3n) is 6.70. The van der Waals surface area contributed by atoms with Crippen molar-refractivity contribution >= 4 is 18.0 Å². The Balaban J connectivity index is 1.27. The maximum atomic E-state index is 12.6. The molecule has 0 aromatic heterocycles. The van der Waals surface area contributed by atoms with Gasteiger partial charge in [0.15, 0.2) is 0 Å². The second kappa shape index (κ2) is 10.5. The maximum absolute atomic E-state index is 12.6. The van der Waals surface area contributed by atoms with Gasteiger partial charge in [0.2, 0.25) is 5.91 Å². The van der Waals surface area contributed by atoms with E-state index in [-0.39, 0.29) is 43.9 Å². The van der Waals surface area contributed by atoms with E-state index in [1.165, 1.54) is 11.1 Å². The zero-order valence-corrected chi connectivity index (χ0v) is 20.1. The van der Waals surface area contributed by atoms with E-state index in [2.05, 4.69) is 34.9 Å². The molecule has 1 aliphatic heterocycles. The van der Waals surface area contributed by atoms with Crippen LogP contribution >= 0.6 is 0 Å². The van der Waals surface area contributed by atoms with Crippen LogP contribution in [-0.2, 0) is 19.1 Å². The second-order valence-corrected chi connectivity index (χ2v) is 10.00. The number of nitrogens with one attached hydrogen (secondary N) is 2. The Morgan fingerprint density at radius 2 is 1.66 bits per heavy atom. The van der Waals surface area contributed by atoms with Crippen LogP contribution in [0.2, 0.25) is 0 Å². The molecule has 2 amide bonds. The number of hydrogen-bond acceptors (Lipinski definition) is 5. The molecule has 1 fully saturated rings. The second-order valence-electron chi connectivity index (χ2n) is 10.00. The predicted octanol–water partition coefficient (Wildman–Crippen LogP) is 3.55. The number of amides is 2. The molecule has 0 spiro atoms. The number of benzene rings is 2. The van der Waals surface area contributed by atoms with Crippen LogP contribution in [0.25, 0.3) is 11.1 Å². The van der Waals surface area contributed by atoms with E-state index < -0.39 is 23.6 Å². The first-order valence-electron chi connectivity index (χ1n) is 11.9. The first-order valence-corrected chi connectivity index (χ1v) is 11.9. The molecule has 2 unspecified atom stereocenters. The van der Waals surface area contributed by atoms with Crippen molar-refractivity contribution < 1.29 is 29.0 Å². The van der Waals surface area contributed by atoms with Gasteiger partial charge in [0.1, 0.15) is 12.7 Å². The van der Waals surface area contributed by atoms with Crippen LogP contribution in [0.1, 0.15) is 43.7 Å². The Kier molecular flexibility index (Phi) is 7.40. The quantitative estimate of drug-likeness (QED) is 0.506. The molecule has 0 saturated carbocycles. The van der Waals surface area contributed by atoms with Gasteiger partial charge in [0.25, 0.3) is 0 Å².